The molecular formula is C12H23BFeO2. The SMILES string of the molecule is C1=CCCC1.OB(O)C1C=CCC1.[CH3-].[CH3-].[Fe+2]. The van der Waals surface area contributed by atoms with Crippen molar-refractivity contribution in [3.8, 4) is 0 Å². The Balaban J connectivity index is -0.000000189. The molecule has 0 spiro atoms. The molecule has 4 heteroatoms. The predicted octanol–water partition coefficient (Wildman–Crippen LogP) is 2.80. The van der Waals surface area contributed by atoms with Gasteiger partial charge in [-0.05, 0) is 32.1 Å². The molecule has 0 bridgehead atoms. The molecule has 1 unspecified atom stereocenters. The maximum absolute atomic E-state index is 8.56. The van der Waals surface area contributed by atoms with E-state index in [4.69, 9.17) is 10.0 Å². The van der Waals surface area contributed by atoms with Gasteiger partial charge in [-0.2, -0.15) is 0 Å². The molecule has 0 amide bonds. The monoisotopic (exact) mass is 266 g/mol. The Morgan fingerprint density at radius 3 is 1.69 bits per heavy atom. The van der Waals surface area contributed by atoms with Crippen LogP contribution in [0.1, 0.15) is 32.1 Å². The van der Waals surface area contributed by atoms with E-state index >= 15 is 0 Å². The zero-order chi connectivity index (χ0) is 9.52. The van der Waals surface area contributed by atoms with E-state index in [1.807, 2.05) is 12.2 Å². The normalized spacial score (nSPS) is 19.8. The summed E-state index contributed by atoms with van der Waals surface area (Å²) in [5.41, 5.74) is 0. The van der Waals surface area contributed by atoms with Gasteiger partial charge in [0, 0.05) is 5.82 Å². The van der Waals surface area contributed by atoms with Crippen LogP contribution >= 0.6 is 0 Å². The summed E-state index contributed by atoms with van der Waals surface area (Å²) >= 11 is 0. The molecule has 2 nitrogen and oxygen atoms in total. The first-order chi connectivity index (χ1) is 6.30. The van der Waals surface area contributed by atoms with Crippen LogP contribution in [0.2, 0.25) is 5.82 Å². The molecule has 94 valence electrons. The van der Waals surface area contributed by atoms with E-state index in [-0.39, 0.29) is 37.7 Å². The number of rotatable bonds is 1. The van der Waals surface area contributed by atoms with Crippen molar-refractivity contribution in [2.75, 3.05) is 0 Å². The van der Waals surface area contributed by atoms with Gasteiger partial charge in [-0.25, -0.2) is 0 Å². The maximum Gasteiger partial charge on any atom is 2.00 e. The summed E-state index contributed by atoms with van der Waals surface area (Å²) in [6.07, 6.45) is 14.2. The molecule has 2 aliphatic rings. The van der Waals surface area contributed by atoms with E-state index in [1.54, 1.807) is 0 Å². The van der Waals surface area contributed by atoms with Gasteiger partial charge >= 0.3 is 24.2 Å². The molecule has 0 aromatic rings. The van der Waals surface area contributed by atoms with Crippen molar-refractivity contribution in [3.05, 3.63) is 39.2 Å². The molecule has 2 N–H and O–H groups in total. The van der Waals surface area contributed by atoms with E-state index < -0.39 is 7.12 Å². The third-order valence-corrected chi connectivity index (χ3v) is 2.34. The Morgan fingerprint density at radius 2 is 1.50 bits per heavy atom. The minimum atomic E-state index is -1.14. The third-order valence-electron chi connectivity index (χ3n) is 2.34. The van der Waals surface area contributed by atoms with Crippen LogP contribution in [-0.2, 0) is 17.1 Å². The first-order valence-corrected chi connectivity index (χ1v) is 4.98. The van der Waals surface area contributed by atoms with Gasteiger partial charge in [-0.1, -0.05) is 24.3 Å². The Hall–Kier alpha value is -0.0156. The molecular weight excluding hydrogens is 243 g/mol. The van der Waals surface area contributed by atoms with E-state index in [1.165, 1.54) is 19.3 Å². The average molecular weight is 266 g/mol. The number of allylic oxidation sites excluding steroid dienone is 4. The maximum atomic E-state index is 8.56. The second kappa shape index (κ2) is 13.1. The predicted molar refractivity (Wildman–Crippen MR) is 68.1 cm³/mol. The van der Waals surface area contributed by atoms with E-state index in [2.05, 4.69) is 12.2 Å². The zero-order valence-electron chi connectivity index (χ0n) is 10.2. The van der Waals surface area contributed by atoms with Crippen molar-refractivity contribution >= 4 is 7.12 Å². The van der Waals surface area contributed by atoms with Gasteiger partial charge in [0.05, 0.1) is 0 Å². The summed E-state index contributed by atoms with van der Waals surface area (Å²) in [5.74, 6) is -0.00463. The summed E-state index contributed by atoms with van der Waals surface area (Å²) in [7, 11) is -1.14. The minimum Gasteiger partial charge on any atom is -0.427 e. The Labute approximate surface area is 111 Å². The van der Waals surface area contributed by atoms with Gasteiger partial charge in [0.15, 0.2) is 0 Å². The fraction of sp³-hybridized carbons (Fsp3) is 0.500. The quantitative estimate of drug-likeness (QED) is 0.435. The van der Waals surface area contributed by atoms with Crippen LogP contribution in [0.4, 0.5) is 0 Å². The number of hydrogen-bond acceptors (Lipinski definition) is 2. The molecule has 0 aromatic carbocycles. The Kier molecular flexibility index (Phi) is 17.4. The molecule has 2 rings (SSSR count). The van der Waals surface area contributed by atoms with Gasteiger partial charge in [-0.15, -0.1) is 0 Å². The van der Waals surface area contributed by atoms with Crippen LogP contribution in [0.3, 0.4) is 0 Å². The van der Waals surface area contributed by atoms with Gasteiger partial charge < -0.3 is 24.9 Å². The zero-order valence-corrected chi connectivity index (χ0v) is 11.4. The van der Waals surface area contributed by atoms with Crippen LogP contribution in [-0.4, -0.2) is 17.2 Å². The molecule has 0 saturated heterocycles. The van der Waals surface area contributed by atoms with Crippen LogP contribution < -0.4 is 0 Å². The van der Waals surface area contributed by atoms with Crippen LogP contribution in [0.5, 0.6) is 0 Å². The standard InChI is InChI=1S/C5H9BO2.C5H8.2CH3.Fe/c7-6(8)5-3-1-2-4-5;1-2-4-5-3-1;;;/h1,3,5,7-8H,2,4H2;1-2H,3-5H2;2*1H3;/q;;2*-1;+2. The van der Waals surface area contributed by atoms with Gasteiger partial charge in [0.2, 0.25) is 0 Å². The summed E-state index contributed by atoms with van der Waals surface area (Å²) in [6.45, 7) is 0. The van der Waals surface area contributed by atoms with Crippen LogP contribution in [0.25, 0.3) is 0 Å². The Morgan fingerprint density at radius 1 is 0.938 bits per heavy atom. The summed E-state index contributed by atoms with van der Waals surface area (Å²) in [5, 5.41) is 17.1. The van der Waals surface area contributed by atoms with Crippen LogP contribution in [0.15, 0.2) is 24.3 Å². The summed E-state index contributed by atoms with van der Waals surface area (Å²) in [6, 6.07) is 0. The van der Waals surface area contributed by atoms with E-state index in [0.717, 1.165) is 12.8 Å². The number of hydrogen-bond donors (Lipinski definition) is 2. The van der Waals surface area contributed by atoms with Gasteiger partial charge in [0.1, 0.15) is 0 Å². The van der Waals surface area contributed by atoms with Crippen molar-refractivity contribution in [1.29, 1.82) is 0 Å². The molecule has 1 atom stereocenters. The largest absolute Gasteiger partial charge is 2.00 e. The van der Waals surface area contributed by atoms with Crippen molar-refractivity contribution in [2.45, 2.75) is 37.9 Å². The molecule has 0 heterocycles. The van der Waals surface area contributed by atoms with Crippen molar-refractivity contribution in [3.63, 3.8) is 0 Å². The van der Waals surface area contributed by atoms with E-state index in [9.17, 15) is 0 Å². The first-order valence-electron chi connectivity index (χ1n) is 4.98. The van der Waals surface area contributed by atoms with E-state index in [0.29, 0.717) is 0 Å². The molecule has 0 aliphatic heterocycles. The fourth-order valence-electron chi connectivity index (χ4n) is 1.49. The van der Waals surface area contributed by atoms with Crippen molar-refractivity contribution in [2.24, 2.45) is 0 Å². The smallest absolute Gasteiger partial charge is 0.427 e. The fourth-order valence-corrected chi connectivity index (χ4v) is 1.49. The van der Waals surface area contributed by atoms with Gasteiger partial charge in [0.25, 0.3) is 0 Å². The third kappa shape index (κ3) is 9.23. The minimum absolute atomic E-state index is 0. The van der Waals surface area contributed by atoms with Crippen molar-refractivity contribution < 1.29 is 27.1 Å². The van der Waals surface area contributed by atoms with Gasteiger partial charge in [-0.3, -0.25) is 0 Å². The van der Waals surface area contributed by atoms with Crippen molar-refractivity contribution in [1.82, 2.24) is 0 Å². The Bertz CT molecular complexity index is 187. The average Bonchev–Trinajstić information content (AvgIpc) is 2.82. The topological polar surface area (TPSA) is 40.5 Å². The second-order valence-electron chi connectivity index (χ2n) is 3.49. The summed E-state index contributed by atoms with van der Waals surface area (Å²) in [4.78, 5) is 0. The molecule has 0 fully saturated rings. The molecule has 0 aromatic heterocycles. The molecule has 0 saturated carbocycles. The second-order valence-corrected chi connectivity index (χ2v) is 3.49. The molecule has 0 radical (unpaired) electrons. The molecule has 16 heavy (non-hydrogen) atoms. The van der Waals surface area contributed by atoms with Crippen LogP contribution in [0, 0.1) is 14.9 Å². The molecule has 2 aliphatic carbocycles. The summed E-state index contributed by atoms with van der Waals surface area (Å²) < 4.78 is 0. The first kappa shape index (κ1) is 21.3.